The minimum Gasteiger partial charge on any atom is -0.478 e. The van der Waals surface area contributed by atoms with Crippen LogP contribution in [0.3, 0.4) is 0 Å². The number of alkyl halides is 1. The molecule has 2 aliphatic heterocycles. The smallest absolute Gasteiger partial charge is 0.335 e. The molecule has 7 unspecified atom stereocenters. The van der Waals surface area contributed by atoms with Crippen LogP contribution in [-0.4, -0.2) is 33.2 Å². The monoisotopic (exact) mass is 558 g/mol. The molecule has 2 aliphatic carbocycles. The second-order valence-corrected chi connectivity index (χ2v) is 12.8. The van der Waals surface area contributed by atoms with E-state index in [4.69, 9.17) is 11.6 Å². The van der Waals surface area contributed by atoms with Crippen LogP contribution < -0.4 is 4.90 Å². The fourth-order valence-corrected chi connectivity index (χ4v) is 9.47. The number of fused-ring (bicyclic) bond motifs is 4. The molecular weight excluding hydrogens is 532 g/mol. The molecule has 0 amide bonds. The Morgan fingerprint density at radius 1 is 1.08 bits per heavy atom. The van der Waals surface area contributed by atoms with Gasteiger partial charge in [-0.1, -0.05) is 54.6 Å². The highest BCUT2D eigenvalue weighted by Gasteiger charge is 2.55. The first-order valence-corrected chi connectivity index (χ1v) is 14.7. The number of nitro benzene ring substituents is 1. The van der Waals surface area contributed by atoms with Gasteiger partial charge in [0.2, 0.25) is 0 Å². The summed E-state index contributed by atoms with van der Waals surface area (Å²) in [6.07, 6.45) is 6.24. The standard InChI is InChI=1S/C31H27ClN2O4S/c32-28-26(39-25-12-5-4-11-24(25)34(37)38)15-23-27(28)22-14-19(31(35)36)13-21-20-10-6-9-18(20)16-33(30(21)22)29(23)17-7-2-1-3-8-17/h1-8,10-14,18,20,23,26-29H,9,15-16H2,(H,35,36). The fourth-order valence-electron chi connectivity index (χ4n) is 7.52. The summed E-state index contributed by atoms with van der Waals surface area (Å²) < 4.78 is 0. The topological polar surface area (TPSA) is 83.7 Å². The highest BCUT2D eigenvalue weighted by atomic mass is 35.5. The molecule has 7 atom stereocenters. The molecule has 6 nitrogen and oxygen atoms in total. The molecule has 3 aromatic rings. The Bertz CT molecular complexity index is 1510. The summed E-state index contributed by atoms with van der Waals surface area (Å²) in [7, 11) is 0. The van der Waals surface area contributed by atoms with E-state index in [2.05, 4.69) is 41.3 Å². The first-order valence-electron chi connectivity index (χ1n) is 13.4. The van der Waals surface area contributed by atoms with E-state index in [0.717, 1.165) is 36.2 Å². The zero-order valence-corrected chi connectivity index (χ0v) is 22.6. The van der Waals surface area contributed by atoms with Crippen molar-refractivity contribution < 1.29 is 14.8 Å². The number of halogens is 1. The molecule has 1 N–H and O–H groups in total. The van der Waals surface area contributed by atoms with Crippen molar-refractivity contribution >= 4 is 40.7 Å². The van der Waals surface area contributed by atoms with Gasteiger partial charge in [-0.2, -0.15) is 0 Å². The fraction of sp³-hybridized carbons (Fsp3) is 0.323. The van der Waals surface area contributed by atoms with Gasteiger partial charge in [0.05, 0.1) is 26.8 Å². The molecule has 0 bridgehead atoms. The number of rotatable bonds is 5. The van der Waals surface area contributed by atoms with Crippen molar-refractivity contribution in [3.05, 3.63) is 111 Å². The Morgan fingerprint density at radius 2 is 1.82 bits per heavy atom. The van der Waals surface area contributed by atoms with Crippen LogP contribution >= 0.6 is 23.4 Å². The molecule has 39 heavy (non-hydrogen) atoms. The third-order valence-electron chi connectivity index (χ3n) is 9.03. The number of allylic oxidation sites excluding steroid dienone is 2. The van der Waals surface area contributed by atoms with E-state index in [0.29, 0.717) is 16.4 Å². The molecule has 1 saturated carbocycles. The van der Waals surface area contributed by atoms with Crippen LogP contribution in [0.2, 0.25) is 0 Å². The van der Waals surface area contributed by atoms with Crippen LogP contribution in [-0.2, 0) is 0 Å². The van der Waals surface area contributed by atoms with Crippen LogP contribution in [0.1, 0.15) is 57.8 Å². The molecule has 4 aliphatic rings. The lowest BCUT2D eigenvalue weighted by molar-refractivity contribution is -0.387. The molecule has 1 fully saturated rings. The van der Waals surface area contributed by atoms with Crippen molar-refractivity contribution in [2.24, 2.45) is 11.8 Å². The van der Waals surface area contributed by atoms with Crippen LogP contribution in [0.4, 0.5) is 11.4 Å². The van der Waals surface area contributed by atoms with Crippen molar-refractivity contribution in [2.75, 3.05) is 11.4 Å². The van der Waals surface area contributed by atoms with E-state index in [1.807, 2.05) is 24.3 Å². The minimum atomic E-state index is -0.929. The molecule has 0 radical (unpaired) electrons. The van der Waals surface area contributed by atoms with Crippen LogP contribution in [0.25, 0.3) is 0 Å². The van der Waals surface area contributed by atoms with E-state index in [9.17, 15) is 20.0 Å². The Labute approximate surface area is 235 Å². The van der Waals surface area contributed by atoms with E-state index in [1.165, 1.54) is 23.4 Å². The van der Waals surface area contributed by atoms with Gasteiger partial charge in [0.1, 0.15) is 0 Å². The predicted octanol–water partition coefficient (Wildman–Crippen LogP) is 7.40. The van der Waals surface area contributed by atoms with Gasteiger partial charge in [-0.25, -0.2) is 4.79 Å². The van der Waals surface area contributed by atoms with Crippen LogP contribution in [0.5, 0.6) is 0 Å². The number of aromatic carboxylic acids is 1. The van der Waals surface area contributed by atoms with Gasteiger partial charge in [-0.15, -0.1) is 23.4 Å². The number of benzene rings is 3. The first-order chi connectivity index (χ1) is 18.9. The number of anilines is 1. The number of carboxylic acids is 1. The lowest BCUT2D eigenvalue weighted by Gasteiger charge is -2.51. The number of nitro groups is 1. The summed E-state index contributed by atoms with van der Waals surface area (Å²) in [4.78, 5) is 26.8. The maximum absolute atomic E-state index is 12.3. The largest absolute Gasteiger partial charge is 0.478 e. The minimum absolute atomic E-state index is 0.0566. The highest BCUT2D eigenvalue weighted by Crippen LogP contribution is 2.63. The van der Waals surface area contributed by atoms with Gasteiger partial charge >= 0.3 is 5.97 Å². The number of carboxylic acid groups (broad SMARTS) is 1. The van der Waals surface area contributed by atoms with Gasteiger partial charge in [-0.05, 0) is 59.6 Å². The Balaban J connectivity index is 1.39. The maximum Gasteiger partial charge on any atom is 0.335 e. The molecule has 0 spiro atoms. The number of para-hydroxylation sites is 1. The number of hydrogen-bond donors (Lipinski definition) is 1. The van der Waals surface area contributed by atoms with Gasteiger partial charge in [0, 0.05) is 35.4 Å². The molecule has 8 heteroatoms. The molecule has 2 heterocycles. The van der Waals surface area contributed by atoms with Crippen molar-refractivity contribution in [2.45, 2.75) is 46.2 Å². The van der Waals surface area contributed by atoms with E-state index < -0.39 is 5.97 Å². The second kappa shape index (κ2) is 9.42. The molecule has 0 aromatic heterocycles. The van der Waals surface area contributed by atoms with Gasteiger partial charge in [-0.3, -0.25) is 10.1 Å². The van der Waals surface area contributed by atoms with Crippen molar-refractivity contribution in [1.82, 2.24) is 0 Å². The third-order valence-corrected chi connectivity index (χ3v) is 11.1. The lowest BCUT2D eigenvalue weighted by Crippen LogP contribution is -2.46. The van der Waals surface area contributed by atoms with E-state index in [1.54, 1.807) is 12.1 Å². The van der Waals surface area contributed by atoms with Crippen LogP contribution in [0.15, 0.2) is 83.8 Å². The average Bonchev–Trinajstić information content (AvgIpc) is 3.54. The van der Waals surface area contributed by atoms with Gasteiger partial charge in [0.25, 0.3) is 5.69 Å². The molecule has 7 rings (SSSR count). The molecular formula is C31H27ClN2O4S. The molecule has 0 saturated heterocycles. The number of nitrogens with zero attached hydrogens (tertiary/aromatic N) is 2. The van der Waals surface area contributed by atoms with E-state index >= 15 is 0 Å². The Hall–Kier alpha value is -3.29. The summed E-state index contributed by atoms with van der Waals surface area (Å²) in [5, 5.41) is 21.4. The highest BCUT2D eigenvalue weighted by molar-refractivity contribution is 8.00. The van der Waals surface area contributed by atoms with E-state index in [-0.39, 0.29) is 45.0 Å². The van der Waals surface area contributed by atoms with Crippen molar-refractivity contribution in [1.29, 1.82) is 0 Å². The normalized spacial score (nSPS) is 30.0. The number of hydrogen-bond acceptors (Lipinski definition) is 5. The second-order valence-electron chi connectivity index (χ2n) is 11.0. The summed E-state index contributed by atoms with van der Waals surface area (Å²) in [5.41, 5.74) is 4.89. The maximum atomic E-state index is 12.3. The quantitative estimate of drug-likeness (QED) is 0.152. The molecule has 198 valence electrons. The zero-order valence-electron chi connectivity index (χ0n) is 21.0. The summed E-state index contributed by atoms with van der Waals surface area (Å²) in [6.45, 7) is 0.905. The predicted molar refractivity (Wildman–Crippen MR) is 153 cm³/mol. The third kappa shape index (κ3) is 3.89. The van der Waals surface area contributed by atoms with Crippen molar-refractivity contribution in [3.8, 4) is 0 Å². The number of thioether (sulfide) groups is 1. The number of carbonyl (C=O) groups is 1. The summed E-state index contributed by atoms with van der Waals surface area (Å²) in [6, 6.07) is 21.2. The Kier molecular flexibility index (Phi) is 5.97. The first kappa shape index (κ1) is 24.7. The zero-order chi connectivity index (χ0) is 26.8. The lowest BCUT2D eigenvalue weighted by atomic mass is 9.70. The Morgan fingerprint density at radius 3 is 2.59 bits per heavy atom. The van der Waals surface area contributed by atoms with Crippen LogP contribution in [0, 0.1) is 22.0 Å². The molecule has 3 aromatic carbocycles. The summed E-state index contributed by atoms with van der Waals surface area (Å²) in [5.74, 6) is -0.243. The van der Waals surface area contributed by atoms with Crippen molar-refractivity contribution in [3.63, 3.8) is 0 Å². The average molecular weight is 559 g/mol. The SMILES string of the molecule is O=C(O)c1cc2c3c(c1)C1C(Cl)C(Sc4ccccc4[N+](=O)[O-])CC1C(c1ccccc1)N3CC1CC=CC21. The van der Waals surface area contributed by atoms with Gasteiger partial charge < -0.3 is 10.0 Å². The van der Waals surface area contributed by atoms with Gasteiger partial charge in [0.15, 0.2) is 0 Å². The summed E-state index contributed by atoms with van der Waals surface area (Å²) >= 11 is 8.84.